The molecule has 1 saturated heterocycles. The highest BCUT2D eigenvalue weighted by molar-refractivity contribution is 5.93. The average Bonchev–Trinajstić information content (AvgIpc) is 3.16. The Balaban J connectivity index is 1.44. The molecule has 2 N–H and O–H groups in total. The fourth-order valence-electron chi connectivity index (χ4n) is 4.09. The van der Waals surface area contributed by atoms with Gasteiger partial charge in [-0.1, -0.05) is 0 Å². The van der Waals surface area contributed by atoms with Gasteiger partial charge in [-0.25, -0.2) is 9.78 Å². The molecule has 3 heterocycles. The molecule has 1 aliphatic heterocycles. The van der Waals surface area contributed by atoms with E-state index in [0.29, 0.717) is 24.8 Å². The molecule has 0 saturated carbocycles. The molecule has 2 aromatic heterocycles. The van der Waals surface area contributed by atoms with E-state index in [4.69, 9.17) is 10.5 Å². The van der Waals surface area contributed by atoms with Crippen LogP contribution < -0.4 is 15.4 Å². The maximum atomic E-state index is 13.1. The van der Waals surface area contributed by atoms with E-state index < -0.39 is 0 Å². The number of hydrogen-bond acceptors (Lipinski definition) is 5. The highest BCUT2D eigenvalue weighted by Gasteiger charge is 2.28. The molecule has 0 radical (unpaired) electrons. The molecule has 158 valence electrons. The van der Waals surface area contributed by atoms with Crippen LogP contribution in [-0.2, 0) is 0 Å². The van der Waals surface area contributed by atoms with Gasteiger partial charge in [-0.3, -0.25) is 4.57 Å². The van der Waals surface area contributed by atoms with E-state index in [9.17, 15) is 4.79 Å². The van der Waals surface area contributed by atoms with Crippen LogP contribution in [0, 0.1) is 0 Å². The van der Waals surface area contributed by atoms with Crippen LogP contribution in [0.2, 0.25) is 0 Å². The standard InChI is InChI=1S/C23H29N5O2/c1-16(2)30-21-5-4-11-25-22(21)26(3)19-9-12-27(13-10-19)23(29)28-14-8-17-15-18(24)6-7-20(17)28/h4-8,11,14-16,19H,9-10,12-13,24H2,1-3H3. The number of likely N-dealkylation sites (tertiary alicyclic amines) is 1. The van der Waals surface area contributed by atoms with E-state index in [1.165, 1.54) is 0 Å². The van der Waals surface area contributed by atoms with Crippen molar-refractivity contribution in [2.45, 2.75) is 38.8 Å². The topological polar surface area (TPSA) is 76.6 Å². The van der Waals surface area contributed by atoms with E-state index >= 15 is 0 Å². The third-order valence-electron chi connectivity index (χ3n) is 5.65. The number of aromatic nitrogens is 2. The third kappa shape index (κ3) is 3.92. The summed E-state index contributed by atoms with van der Waals surface area (Å²) in [5.74, 6) is 1.65. The molecule has 3 aromatic rings. The molecule has 1 amide bonds. The van der Waals surface area contributed by atoms with E-state index in [1.54, 1.807) is 10.8 Å². The van der Waals surface area contributed by atoms with Gasteiger partial charge >= 0.3 is 6.03 Å². The molecular formula is C23H29N5O2. The van der Waals surface area contributed by atoms with Gasteiger partial charge in [-0.05, 0) is 63.1 Å². The van der Waals surface area contributed by atoms with Gasteiger partial charge in [0.15, 0.2) is 11.6 Å². The van der Waals surface area contributed by atoms with Crippen LogP contribution in [0.3, 0.4) is 0 Å². The molecule has 1 fully saturated rings. The Morgan fingerprint density at radius 1 is 1.23 bits per heavy atom. The molecule has 7 heteroatoms. The molecule has 7 nitrogen and oxygen atoms in total. The summed E-state index contributed by atoms with van der Waals surface area (Å²) in [6.45, 7) is 5.44. The highest BCUT2D eigenvalue weighted by Crippen LogP contribution is 2.30. The molecule has 0 bridgehead atoms. The van der Waals surface area contributed by atoms with Crippen LogP contribution in [0.1, 0.15) is 26.7 Å². The molecule has 1 aromatic carbocycles. The molecule has 30 heavy (non-hydrogen) atoms. The quantitative estimate of drug-likeness (QED) is 0.662. The fourth-order valence-corrected chi connectivity index (χ4v) is 4.09. The van der Waals surface area contributed by atoms with Crippen molar-refractivity contribution < 1.29 is 9.53 Å². The van der Waals surface area contributed by atoms with Crippen LogP contribution in [0.15, 0.2) is 48.8 Å². The summed E-state index contributed by atoms with van der Waals surface area (Å²) in [6.07, 6.45) is 5.47. The Hall–Kier alpha value is -3.22. The number of benzene rings is 1. The van der Waals surface area contributed by atoms with Gasteiger partial charge in [0.1, 0.15) is 0 Å². The van der Waals surface area contributed by atoms with Crippen molar-refractivity contribution in [3.05, 3.63) is 48.8 Å². The number of ether oxygens (including phenoxy) is 1. The van der Waals surface area contributed by atoms with Gasteiger partial charge in [-0.15, -0.1) is 0 Å². The summed E-state index contributed by atoms with van der Waals surface area (Å²) < 4.78 is 7.65. The SMILES string of the molecule is CC(C)Oc1cccnc1N(C)C1CCN(C(=O)n2ccc3cc(N)ccc32)CC1. The van der Waals surface area contributed by atoms with Crippen LogP contribution in [-0.4, -0.2) is 52.8 Å². The molecule has 0 unspecified atom stereocenters. The van der Waals surface area contributed by atoms with Crippen molar-refractivity contribution in [3.8, 4) is 5.75 Å². The van der Waals surface area contributed by atoms with Gasteiger partial charge in [0.25, 0.3) is 0 Å². The van der Waals surface area contributed by atoms with Crippen molar-refractivity contribution in [2.24, 2.45) is 0 Å². The van der Waals surface area contributed by atoms with E-state index in [-0.39, 0.29) is 12.1 Å². The summed E-state index contributed by atoms with van der Waals surface area (Å²) in [7, 11) is 2.06. The number of amides is 1. The summed E-state index contributed by atoms with van der Waals surface area (Å²) in [4.78, 5) is 21.8. The van der Waals surface area contributed by atoms with Crippen molar-refractivity contribution >= 4 is 28.4 Å². The van der Waals surface area contributed by atoms with Crippen LogP contribution in [0.25, 0.3) is 10.9 Å². The first-order chi connectivity index (χ1) is 14.4. The average molecular weight is 408 g/mol. The number of carbonyl (C=O) groups is 1. The second kappa shape index (κ2) is 8.26. The van der Waals surface area contributed by atoms with Gasteiger partial charge in [0.2, 0.25) is 0 Å². The lowest BCUT2D eigenvalue weighted by Gasteiger charge is -2.37. The monoisotopic (exact) mass is 407 g/mol. The van der Waals surface area contributed by atoms with Crippen molar-refractivity contribution in [2.75, 3.05) is 30.8 Å². The molecule has 4 rings (SSSR count). The second-order valence-corrected chi connectivity index (χ2v) is 8.11. The summed E-state index contributed by atoms with van der Waals surface area (Å²) >= 11 is 0. The fraction of sp³-hybridized carbons (Fsp3) is 0.391. The molecule has 0 atom stereocenters. The first kappa shape index (κ1) is 20.1. The van der Waals surface area contributed by atoms with Crippen LogP contribution in [0.5, 0.6) is 5.75 Å². The predicted molar refractivity (Wildman–Crippen MR) is 120 cm³/mol. The van der Waals surface area contributed by atoms with Gasteiger partial charge < -0.3 is 20.3 Å². The lowest BCUT2D eigenvalue weighted by Crippen LogP contribution is -2.47. The Morgan fingerprint density at radius 3 is 2.73 bits per heavy atom. The van der Waals surface area contributed by atoms with Crippen molar-refractivity contribution in [1.29, 1.82) is 0 Å². The number of nitrogen functional groups attached to an aromatic ring is 1. The Kier molecular flexibility index (Phi) is 5.53. The van der Waals surface area contributed by atoms with Crippen LogP contribution in [0.4, 0.5) is 16.3 Å². The number of anilines is 2. The number of nitrogens with two attached hydrogens (primary N) is 1. The maximum absolute atomic E-state index is 13.1. The van der Waals surface area contributed by atoms with Gasteiger partial charge in [-0.2, -0.15) is 0 Å². The Morgan fingerprint density at radius 2 is 2.00 bits per heavy atom. The van der Waals surface area contributed by atoms with E-state index in [2.05, 4.69) is 16.9 Å². The first-order valence-electron chi connectivity index (χ1n) is 10.4. The van der Waals surface area contributed by atoms with Gasteiger partial charge in [0.05, 0.1) is 11.6 Å². The summed E-state index contributed by atoms with van der Waals surface area (Å²) in [5, 5.41) is 0.978. The highest BCUT2D eigenvalue weighted by atomic mass is 16.5. The van der Waals surface area contributed by atoms with Gasteiger partial charge in [0, 0.05) is 49.6 Å². The smallest absolute Gasteiger partial charge is 0.328 e. The van der Waals surface area contributed by atoms with E-state index in [1.807, 2.05) is 61.3 Å². The minimum atomic E-state index is 0.0116. The van der Waals surface area contributed by atoms with Crippen molar-refractivity contribution in [3.63, 3.8) is 0 Å². The lowest BCUT2D eigenvalue weighted by atomic mass is 10.0. The minimum Gasteiger partial charge on any atom is -0.487 e. The largest absolute Gasteiger partial charge is 0.487 e. The molecule has 0 aliphatic carbocycles. The summed E-state index contributed by atoms with van der Waals surface area (Å²) in [6, 6.07) is 11.7. The zero-order chi connectivity index (χ0) is 21.3. The number of piperidine rings is 1. The van der Waals surface area contributed by atoms with E-state index in [0.717, 1.165) is 35.3 Å². The van der Waals surface area contributed by atoms with Crippen LogP contribution >= 0.6 is 0 Å². The number of hydrogen-bond donors (Lipinski definition) is 1. The minimum absolute atomic E-state index is 0.0116. The normalized spacial score (nSPS) is 15.0. The number of pyridine rings is 1. The molecular weight excluding hydrogens is 378 g/mol. The number of rotatable bonds is 4. The maximum Gasteiger partial charge on any atom is 0.328 e. The Bertz CT molecular complexity index is 1040. The number of nitrogens with zero attached hydrogens (tertiary/aromatic N) is 4. The number of fused-ring (bicyclic) bond motifs is 1. The zero-order valence-corrected chi connectivity index (χ0v) is 17.8. The first-order valence-corrected chi connectivity index (χ1v) is 10.4. The summed E-state index contributed by atoms with van der Waals surface area (Å²) in [5.41, 5.74) is 7.44. The number of carbonyl (C=O) groups excluding carboxylic acids is 1. The predicted octanol–water partition coefficient (Wildman–Crippen LogP) is 3.97. The second-order valence-electron chi connectivity index (χ2n) is 8.11. The Labute approximate surface area is 177 Å². The lowest BCUT2D eigenvalue weighted by molar-refractivity contribution is 0.183. The third-order valence-corrected chi connectivity index (χ3v) is 5.65. The molecule has 1 aliphatic rings. The molecule has 0 spiro atoms. The van der Waals surface area contributed by atoms with Crippen molar-refractivity contribution in [1.82, 2.24) is 14.5 Å². The zero-order valence-electron chi connectivity index (χ0n) is 17.8.